The maximum atomic E-state index is 14.9. The van der Waals surface area contributed by atoms with Gasteiger partial charge in [0.1, 0.15) is 23.0 Å². The third-order valence-corrected chi connectivity index (χ3v) is 17.7. The van der Waals surface area contributed by atoms with Crippen LogP contribution in [0, 0.1) is 0 Å². The first-order chi connectivity index (χ1) is 31.5. The molecular formula is C60H91O6PS4. The third kappa shape index (κ3) is 15.9. The van der Waals surface area contributed by atoms with Gasteiger partial charge < -0.3 is 19.3 Å². The number of aromatic hydroxyl groups is 2. The second-order valence-corrected chi connectivity index (χ2v) is 35.5. The number of rotatable bonds is 12. The van der Waals surface area contributed by atoms with E-state index in [4.69, 9.17) is 9.05 Å². The lowest BCUT2D eigenvalue weighted by Crippen LogP contribution is -2.22. The van der Waals surface area contributed by atoms with Gasteiger partial charge in [-0.15, -0.1) is 47.0 Å². The first-order valence-corrected chi connectivity index (χ1v) is 30.1. The van der Waals surface area contributed by atoms with Crippen LogP contribution in [0.1, 0.15) is 225 Å². The van der Waals surface area contributed by atoms with E-state index in [-0.39, 0.29) is 25.7 Å². The number of benzene rings is 4. The third-order valence-electron chi connectivity index (χ3n) is 12.3. The molecule has 3 N–H and O–H groups in total. The zero-order chi connectivity index (χ0) is 54.8. The minimum atomic E-state index is -4.85. The number of hydrogen-bond acceptors (Lipinski definition) is 9. The molecule has 1 unspecified atom stereocenters. The van der Waals surface area contributed by atoms with Crippen molar-refractivity contribution in [2.45, 2.75) is 247 Å². The zero-order valence-electron chi connectivity index (χ0n) is 48.5. The quantitative estimate of drug-likeness (QED) is 0.0723. The Hall–Kier alpha value is -2.33. The molecule has 4 rings (SSSR count). The normalized spacial score (nSPS) is 14.7. The van der Waals surface area contributed by atoms with Gasteiger partial charge in [0.2, 0.25) is 0 Å². The molecular weight excluding hydrogens is 976 g/mol. The highest BCUT2D eigenvalue weighted by Crippen LogP contribution is 2.57. The molecule has 0 spiro atoms. The van der Waals surface area contributed by atoms with Crippen molar-refractivity contribution in [1.82, 2.24) is 0 Å². The van der Waals surface area contributed by atoms with E-state index in [9.17, 15) is 19.7 Å². The molecule has 0 aliphatic carbocycles. The maximum Gasteiger partial charge on any atom is 0.584 e. The zero-order valence-corrected chi connectivity index (χ0v) is 52.6. The van der Waals surface area contributed by atoms with Crippen molar-refractivity contribution >= 4 is 54.9 Å². The van der Waals surface area contributed by atoms with Gasteiger partial charge in [-0.1, -0.05) is 166 Å². The van der Waals surface area contributed by atoms with E-state index >= 15 is 0 Å². The molecule has 4 aromatic carbocycles. The summed E-state index contributed by atoms with van der Waals surface area (Å²) >= 11 is 6.99. The van der Waals surface area contributed by atoms with Crippen molar-refractivity contribution in [3.63, 3.8) is 0 Å². The van der Waals surface area contributed by atoms with Gasteiger partial charge in [-0.3, -0.25) is 4.89 Å². The molecule has 0 saturated carbocycles. The van der Waals surface area contributed by atoms with Gasteiger partial charge in [-0.25, -0.2) is 4.57 Å². The van der Waals surface area contributed by atoms with Crippen LogP contribution in [0.25, 0.3) is 0 Å². The SMILES string of the molecule is CC(C)(Sc1cc(C(C)(C)C)c(O)c(C(C)(C)C)c1)Sc1cc(C(C)(C)C)c(OP(=O)(O)Oc2c(C(C)(C)C)cc(SCSc3cc(C(C)(C)C)c(O)c(C(C)(C)C)c3)cc2C(C)(C)C)c(C(C)(C)C)c1. The standard InChI is InChI=1S/C60H91O6PS4/c1-52(2,3)40-27-36(28-41(48(40)61)53(4,5)6)68-35-69-37-29-44(56(13,14)15)50(45(30-37)57(16,17)18)65-67(63,64)66-51-46(58(19,20)21)33-39(34-47(51)59(22,23)24)71-60(25,26)70-38-31-42(54(7,8)9)49(62)43(32-38)55(10,11)12/h27-34,61-62H,35H2,1-26H3,(H,63,64). The van der Waals surface area contributed by atoms with Crippen LogP contribution in [0.3, 0.4) is 0 Å². The van der Waals surface area contributed by atoms with Crippen molar-refractivity contribution in [3.05, 3.63) is 93.0 Å². The molecule has 0 saturated heterocycles. The molecule has 0 aliphatic heterocycles. The van der Waals surface area contributed by atoms with Crippen LogP contribution in [0.4, 0.5) is 0 Å². The van der Waals surface area contributed by atoms with Crippen molar-refractivity contribution in [3.8, 4) is 23.0 Å². The van der Waals surface area contributed by atoms with E-state index in [0.29, 0.717) is 23.0 Å². The largest absolute Gasteiger partial charge is 0.584 e. The summed E-state index contributed by atoms with van der Waals surface area (Å²) in [6, 6.07) is 17.0. The summed E-state index contributed by atoms with van der Waals surface area (Å²) in [5, 5.41) is 23.5. The lowest BCUT2D eigenvalue weighted by molar-refractivity contribution is 0.280. The monoisotopic (exact) mass is 1070 g/mol. The summed E-state index contributed by atoms with van der Waals surface area (Å²) < 4.78 is 27.5. The fraction of sp³-hybridized carbons (Fsp3) is 0.600. The van der Waals surface area contributed by atoms with E-state index in [0.717, 1.165) is 69.2 Å². The molecule has 1 atom stereocenters. The molecule has 0 aliphatic rings. The van der Waals surface area contributed by atoms with E-state index in [1.165, 1.54) is 0 Å². The van der Waals surface area contributed by atoms with Crippen LogP contribution in [0.2, 0.25) is 0 Å². The second-order valence-electron chi connectivity index (χ2n) is 28.1. The van der Waals surface area contributed by atoms with Crippen LogP contribution in [0.5, 0.6) is 23.0 Å². The smallest absolute Gasteiger partial charge is 0.507 e. The highest BCUT2D eigenvalue weighted by Gasteiger charge is 2.39. The molecule has 6 nitrogen and oxygen atoms in total. The number of thioether (sulfide) groups is 4. The highest BCUT2D eigenvalue weighted by molar-refractivity contribution is 8.18. The van der Waals surface area contributed by atoms with Crippen molar-refractivity contribution in [1.29, 1.82) is 0 Å². The summed E-state index contributed by atoms with van der Waals surface area (Å²) in [4.78, 5) is 16.4. The molecule has 0 bridgehead atoms. The number of phenols is 2. The summed E-state index contributed by atoms with van der Waals surface area (Å²) in [7, 11) is -4.85. The summed E-state index contributed by atoms with van der Waals surface area (Å²) in [6.07, 6.45) is 0. The fourth-order valence-corrected chi connectivity index (χ4v) is 14.0. The fourth-order valence-electron chi connectivity index (χ4n) is 8.42. The van der Waals surface area contributed by atoms with Gasteiger partial charge in [-0.2, -0.15) is 0 Å². The summed E-state index contributed by atoms with van der Waals surface area (Å²) in [5.41, 5.74) is 4.19. The summed E-state index contributed by atoms with van der Waals surface area (Å²) in [5.74, 6) is 1.48. The Labute approximate surface area is 448 Å². The lowest BCUT2D eigenvalue weighted by atomic mass is 9.79. The topological polar surface area (TPSA) is 96.2 Å². The summed E-state index contributed by atoms with van der Waals surface area (Å²) in [6.45, 7) is 55.3. The van der Waals surface area contributed by atoms with Crippen molar-refractivity contribution in [2.24, 2.45) is 0 Å². The van der Waals surface area contributed by atoms with Crippen LogP contribution in [0.15, 0.2) is 68.1 Å². The Kier molecular flexibility index (Phi) is 17.8. The number of phosphoric ester groups is 1. The van der Waals surface area contributed by atoms with Crippen LogP contribution in [-0.2, 0) is 47.9 Å². The van der Waals surface area contributed by atoms with Gasteiger partial charge >= 0.3 is 7.82 Å². The van der Waals surface area contributed by atoms with Gasteiger partial charge in [0.05, 0.1) is 4.08 Å². The molecule has 4 aromatic rings. The second kappa shape index (κ2) is 20.7. The molecule has 0 aromatic heterocycles. The van der Waals surface area contributed by atoms with Gasteiger partial charge in [0.25, 0.3) is 0 Å². The number of phosphoric acid groups is 1. The average Bonchev–Trinajstić information content (AvgIpc) is 3.12. The Morgan fingerprint density at radius 1 is 0.366 bits per heavy atom. The van der Waals surface area contributed by atoms with Gasteiger partial charge in [0.15, 0.2) is 0 Å². The van der Waals surface area contributed by atoms with Gasteiger partial charge in [-0.05, 0) is 106 Å². The van der Waals surface area contributed by atoms with E-state index in [2.05, 4.69) is 229 Å². The number of phenolic OH excluding ortho intramolecular Hbond substituents is 2. The molecule has 71 heavy (non-hydrogen) atoms. The molecule has 0 heterocycles. The van der Waals surface area contributed by atoms with Crippen LogP contribution in [-0.4, -0.2) is 24.3 Å². The first kappa shape index (κ1) is 61.2. The first-order valence-electron chi connectivity index (χ1n) is 25.0. The molecule has 396 valence electrons. The van der Waals surface area contributed by atoms with Gasteiger partial charge in [0, 0.05) is 69.2 Å². The van der Waals surface area contributed by atoms with Crippen molar-refractivity contribution < 1.29 is 28.7 Å². The Morgan fingerprint density at radius 3 is 0.789 bits per heavy atom. The molecule has 0 fully saturated rings. The molecule has 0 amide bonds. The predicted octanol–water partition coefficient (Wildman–Crippen LogP) is 19.5. The lowest BCUT2D eigenvalue weighted by Gasteiger charge is -2.34. The minimum Gasteiger partial charge on any atom is -0.507 e. The molecule has 0 radical (unpaired) electrons. The Balaban J connectivity index is 1.79. The Morgan fingerprint density at radius 2 is 0.563 bits per heavy atom. The van der Waals surface area contributed by atoms with Crippen LogP contribution >= 0.6 is 54.9 Å². The van der Waals surface area contributed by atoms with E-state index in [1.807, 2.05) is 0 Å². The number of hydrogen-bond donors (Lipinski definition) is 3. The van der Waals surface area contributed by atoms with Crippen LogP contribution < -0.4 is 9.05 Å². The van der Waals surface area contributed by atoms with E-state index in [1.54, 1.807) is 47.0 Å². The highest BCUT2D eigenvalue weighted by atomic mass is 32.2. The van der Waals surface area contributed by atoms with Crippen molar-refractivity contribution in [2.75, 3.05) is 5.08 Å². The minimum absolute atomic E-state index is 0.227. The predicted molar refractivity (Wildman–Crippen MR) is 312 cm³/mol. The Bertz CT molecular complexity index is 2490. The molecule has 11 heteroatoms. The maximum absolute atomic E-state index is 14.9. The average molecular weight is 1070 g/mol. The van der Waals surface area contributed by atoms with E-state index < -0.39 is 29.5 Å².